The number of carbonyl (C=O) groups excluding carboxylic acids is 1. The molecule has 2 aromatic rings. The molecule has 0 spiro atoms. The van der Waals surface area contributed by atoms with Crippen LogP contribution in [0.25, 0.3) is 10.1 Å². The van der Waals surface area contributed by atoms with Crippen molar-refractivity contribution in [2.24, 2.45) is 0 Å². The normalized spacial score (nSPS) is 17.5. The molecule has 0 saturated heterocycles. The molecule has 0 radical (unpaired) electrons. The summed E-state index contributed by atoms with van der Waals surface area (Å²) in [6, 6.07) is 8.06. The minimum Gasteiger partial charge on any atom is -0.388 e. The summed E-state index contributed by atoms with van der Waals surface area (Å²) in [6.45, 7) is 2.34. The minimum absolute atomic E-state index is 0.0657. The summed E-state index contributed by atoms with van der Waals surface area (Å²) in [5.41, 5.74) is 0.335. The SMILES string of the molecule is Cc1c(C(=O)NCC2(O)CCCC2)sc2ccccc12. The van der Waals surface area contributed by atoms with Crippen LogP contribution in [0.15, 0.2) is 24.3 Å². The fraction of sp³-hybridized carbons (Fsp3) is 0.438. The lowest BCUT2D eigenvalue weighted by Gasteiger charge is -2.22. The number of hydrogen-bond acceptors (Lipinski definition) is 3. The third kappa shape index (κ3) is 2.45. The summed E-state index contributed by atoms with van der Waals surface area (Å²) in [7, 11) is 0. The Morgan fingerprint density at radius 3 is 2.75 bits per heavy atom. The molecule has 1 heterocycles. The Morgan fingerprint density at radius 2 is 2.05 bits per heavy atom. The molecule has 1 amide bonds. The van der Waals surface area contributed by atoms with Gasteiger partial charge in [-0.05, 0) is 36.8 Å². The first kappa shape index (κ1) is 13.6. The van der Waals surface area contributed by atoms with Gasteiger partial charge < -0.3 is 10.4 Å². The van der Waals surface area contributed by atoms with Gasteiger partial charge in [0, 0.05) is 11.2 Å². The van der Waals surface area contributed by atoms with Crippen LogP contribution in [0.4, 0.5) is 0 Å². The standard InChI is InChI=1S/C16H19NO2S/c1-11-12-6-2-3-7-13(12)20-14(11)15(18)17-10-16(19)8-4-5-9-16/h2-3,6-7,19H,4-5,8-10H2,1H3,(H,17,18). The van der Waals surface area contributed by atoms with Gasteiger partial charge in [0.1, 0.15) is 0 Å². The number of fused-ring (bicyclic) bond motifs is 1. The van der Waals surface area contributed by atoms with Gasteiger partial charge in [-0.3, -0.25) is 4.79 Å². The smallest absolute Gasteiger partial charge is 0.261 e. The van der Waals surface area contributed by atoms with Gasteiger partial charge >= 0.3 is 0 Å². The van der Waals surface area contributed by atoms with Crippen molar-refractivity contribution in [3.05, 3.63) is 34.7 Å². The van der Waals surface area contributed by atoms with Crippen LogP contribution in [-0.2, 0) is 0 Å². The number of carbonyl (C=O) groups is 1. The van der Waals surface area contributed by atoms with E-state index in [1.165, 1.54) is 11.3 Å². The number of nitrogens with one attached hydrogen (secondary N) is 1. The largest absolute Gasteiger partial charge is 0.388 e. The van der Waals surface area contributed by atoms with E-state index in [0.29, 0.717) is 6.54 Å². The van der Waals surface area contributed by atoms with E-state index in [1.807, 2.05) is 31.2 Å². The van der Waals surface area contributed by atoms with Gasteiger partial charge in [0.15, 0.2) is 0 Å². The van der Waals surface area contributed by atoms with Crippen molar-refractivity contribution in [1.29, 1.82) is 0 Å². The van der Waals surface area contributed by atoms with E-state index in [-0.39, 0.29) is 5.91 Å². The van der Waals surface area contributed by atoms with E-state index < -0.39 is 5.60 Å². The lowest BCUT2D eigenvalue weighted by Crippen LogP contribution is -2.40. The summed E-state index contributed by atoms with van der Waals surface area (Å²) in [5, 5.41) is 14.3. The third-order valence-corrected chi connectivity index (χ3v) is 5.43. The first-order chi connectivity index (χ1) is 9.59. The van der Waals surface area contributed by atoms with Crippen LogP contribution in [-0.4, -0.2) is 23.2 Å². The van der Waals surface area contributed by atoms with Crippen LogP contribution >= 0.6 is 11.3 Å². The second-order valence-electron chi connectivity index (χ2n) is 5.67. The average Bonchev–Trinajstić information content (AvgIpc) is 3.02. The molecule has 106 valence electrons. The first-order valence-corrected chi connectivity index (χ1v) is 7.89. The molecular formula is C16H19NO2S. The quantitative estimate of drug-likeness (QED) is 0.911. The molecule has 4 heteroatoms. The minimum atomic E-state index is -0.694. The van der Waals surface area contributed by atoms with E-state index in [4.69, 9.17) is 0 Å². The number of aliphatic hydroxyl groups is 1. The highest BCUT2D eigenvalue weighted by atomic mass is 32.1. The van der Waals surface area contributed by atoms with Gasteiger partial charge in [-0.2, -0.15) is 0 Å². The second kappa shape index (κ2) is 5.19. The summed E-state index contributed by atoms with van der Waals surface area (Å²) < 4.78 is 1.13. The van der Waals surface area contributed by atoms with E-state index in [0.717, 1.165) is 46.2 Å². The monoisotopic (exact) mass is 289 g/mol. The van der Waals surface area contributed by atoms with Gasteiger partial charge in [-0.1, -0.05) is 31.0 Å². The molecule has 1 aliphatic carbocycles. The van der Waals surface area contributed by atoms with Crippen LogP contribution in [0, 0.1) is 6.92 Å². The van der Waals surface area contributed by atoms with Crippen LogP contribution in [0.1, 0.15) is 40.9 Å². The zero-order valence-electron chi connectivity index (χ0n) is 11.6. The Labute approximate surface area is 122 Å². The highest BCUT2D eigenvalue weighted by molar-refractivity contribution is 7.21. The zero-order chi connectivity index (χ0) is 14.2. The molecule has 1 aromatic heterocycles. The Hall–Kier alpha value is -1.39. The molecule has 1 aliphatic rings. The molecular weight excluding hydrogens is 270 g/mol. The number of thiophene rings is 1. The van der Waals surface area contributed by atoms with Crippen molar-refractivity contribution < 1.29 is 9.90 Å². The van der Waals surface area contributed by atoms with Crippen LogP contribution < -0.4 is 5.32 Å². The van der Waals surface area contributed by atoms with Crippen molar-refractivity contribution in [1.82, 2.24) is 5.32 Å². The van der Waals surface area contributed by atoms with Gasteiger partial charge in [0.25, 0.3) is 5.91 Å². The predicted octanol–water partition coefficient (Wildman–Crippen LogP) is 3.24. The average molecular weight is 289 g/mol. The molecule has 0 atom stereocenters. The fourth-order valence-electron chi connectivity index (χ4n) is 2.93. The van der Waals surface area contributed by atoms with Gasteiger partial charge in [-0.15, -0.1) is 11.3 Å². The topological polar surface area (TPSA) is 49.3 Å². The lowest BCUT2D eigenvalue weighted by molar-refractivity contribution is 0.0450. The Morgan fingerprint density at radius 1 is 1.35 bits per heavy atom. The number of benzene rings is 1. The summed E-state index contributed by atoms with van der Waals surface area (Å²) in [4.78, 5) is 13.1. The fourth-order valence-corrected chi connectivity index (χ4v) is 4.05. The maximum absolute atomic E-state index is 12.3. The second-order valence-corrected chi connectivity index (χ2v) is 6.72. The zero-order valence-corrected chi connectivity index (χ0v) is 12.4. The third-order valence-electron chi connectivity index (χ3n) is 4.16. The molecule has 0 bridgehead atoms. The lowest BCUT2D eigenvalue weighted by atomic mass is 10.0. The maximum atomic E-state index is 12.3. The first-order valence-electron chi connectivity index (χ1n) is 7.08. The van der Waals surface area contributed by atoms with Crippen LogP contribution in [0.3, 0.4) is 0 Å². The summed E-state index contributed by atoms with van der Waals surface area (Å²) >= 11 is 1.52. The Balaban J connectivity index is 1.77. The van der Waals surface area contributed by atoms with Crippen LogP contribution in [0.5, 0.6) is 0 Å². The Bertz CT molecular complexity index is 641. The van der Waals surface area contributed by atoms with Crippen molar-refractivity contribution in [3.63, 3.8) is 0 Å². The molecule has 1 saturated carbocycles. The molecule has 1 aromatic carbocycles. The molecule has 3 rings (SSSR count). The number of aryl methyl sites for hydroxylation is 1. The highest BCUT2D eigenvalue weighted by Gasteiger charge is 2.31. The number of amides is 1. The van der Waals surface area contributed by atoms with Crippen molar-refractivity contribution in [2.45, 2.75) is 38.2 Å². The number of hydrogen-bond donors (Lipinski definition) is 2. The molecule has 20 heavy (non-hydrogen) atoms. The Kier molecular flexibility index (Phi) is 3.52. The van der Waals surface area contributed by atoms with Gasteiger partial charge in [0.05, 0.1) is 10.5 Å². The molecule has 1 fully saturated rings. The van der Waals surface area contributed by atoms with Gasteiger partial charge in [0.2, 0.25) is 0 Å². The molecule has 0 unspecified atom stereocenters. The number of rotatable bonds is 3. The summed E-state index contributed by atoms with van der Waals surface area (Å²) in [5.74, 6) is -0.0657. The molecule has 0 aliphatic heterocycles. The van der Waals surface area contributed by atoms with E-state index in [2.05, 4.69) is 5.32 Å². The van der Waals surface area contributed by atoms with Crippen molar-refractivity contribution in [2.75, 3.05) is 6.54 Å². The van der Waals surface area contributed by atoms with E-state index >= 15 is 0 Å². The highest BCUT2D eigenvalue weighted by Crippen LogP contribution is 2.31. The van der Waals surface area contributed by atoms with Crippen molar-refractivity contribution >= 4 is 27.3 Å². The predicted molar refractivity (Wildman–Crippen MR) is 82.3 cm³/mol. The van der Waals surface area contributed by atoms with Crippen molar-refractivity contribution in [3.8, 4) is 0 Å². The van der Waals surface area contributed by atoms with Crippen LogP contribution in [0.2, 0.25) is 0 Å². The maximum Gasteiger partial charge on any atom is 0.261 e. The summed E-state index contributed by atoms with van der Waals surface area (Å²) in [6.07, 6.45) is 3.68. The van der Waals surface area contributed by atoms with E-state index in [9.17, 15) is 9.90 Å². The molecule has 2 N–H and O–H groups in total. The van der Waals surface area contributed by atoms with E-state index in [1.54, 1.807) is 0 Å². The van der Waals surface area contributed by atoms with Gasteiger partial charge in [-0.25, -0.2) is 0 Å². The molecule has 3 nitrogen and oxygen atoms in total.